The van der Waals surface area contributed by atoms with Gasteiger partial charge < -0.3 is 15.0 Å². The van der Waals surface area contributed by atoms with E-state index in [-0.39, 0.29) is 12.1 Å². The van der Waals surface area contributed by atoms with Gasteiger partial charge in [-0.1, -0.05) is 65.8 Å². The standard InChI is InChI=1S/C24H33N7O/c1-4-30(5-2)23-27-28-29-31(23)21-16-22(25-17-19-12-8-6-9-13-19)24(32-3,26-18-21)20-14-10-7-11-15-20/h6-15,21-22,25-26H,4-5,16-18H2,1-3H3/t21?,22-,24-/m0/s1. The van der Waals surface area contributed by atoms with Crippen LogP contribution in [0.1, 0.15) is 37.4 Å². The van der Waals surface area contributed by atoms with Crippen LogP contribution in [0.5, 0.6) is 0 Å². The van der Waals surface area contributed by atoms with E-state index in [4.69, 9.17) is 4.74 Å². The molecular formula is C24H33N7O. The average Bonchev–Trinajstić information content (AvgIpc) is 3.34. The second kappa shape index (κ2) is 10.2. The Bertz CT molecular complexity index is 961. The summed E-state index contributed by atoms with van der Waals surface area (Å²) < 4.78 is 8.17. The fraction of sp³-hybridized carbons (Fsp3) is 0.458. The number of methoxy groups -OCH3 is 1. The Morgan fingerprint density at radius 1 is 1.09 bits per heavy atom. The summed E-state index contributed by atoms with van der Waals surface area (Å²) in [6, 6.07) is 20.9. The van der Waals surface area contributed by atoms with Crippen molar-refractivity contribution in [1.82, 2.24) is 30.8 Å². The quantitative estimate of drug-likeness (QED) is 0.535. The highest BCUT2D eigenvalue weighted by atomic mass is 16.5. The molecule has 1 aromatic heterocycles. The van der Waals surface area contributed by atoms with E-state index in [0.717, 1.165) is 37.6 Å². The van der Waals surface area contributed by atoms with Gasteiger partial charge in [-0.15, -0.1) is 0 Å². The summed E-state index contributed by atoms with van der Waals surface area (Å²) in [6.45, 7) is 7.41. The van der Waals surface area contributed by atoms with Crippen LogP contribution in [-0.4, -0.2) is 53.0 Å². The minimum atomic E-state index is -0.643. The number of tetrazole rings is 1. The van der Waals surface area contributed by atoms with Crippen molar-refractivity contribution in [2.45, 2.75) is 44.6 Å². The number of benzene rings is 2. The number of nitrogens with one attached hydrogen (secondary N) is 2. The Hall–Kier alpha value is -2.81. The summed E-state index contributed by atoms with van der Waals surface area (Å²) in [5, 5.41) is 20.1. The molecule has 0 spiro atoms. The maximum atomic E-state index is 6.21. The minimum absolute atomic E-state index is 0.00242. The van der Waals surface area contributed by atoms with Gasteiger partial charge >= 0.3 is 0 Å². The largest absolute Gasteiger partial charge is 0.358 e. The van der Waals surface area contributed by atoms with E-state index in [0.29, 0.717) is 6.54 Å². The van der Waals surface area contributed by atoms with Crippen LogP contribution in [0.3, 0.4) is 0 Å². The Kier molecular flexibility index (Phi) is 7.14. The van der Waals surface area contributed by atoms with Gasteiger partial charge in [0.1, 0.15) is 0 Å². The SMILES string of the molecule is CCN(CC)c1nnnn1C1CN[C@](OC)(c2ccccc2)[C@@H](NCc2ccccc2)C1. The number of ether oxygens (including phenoxy) is 1. The number of nitrogens with zero attached hydrogens (tertiary/aromatic N) is 5. The van der Waals surface area contributed by atoms with E-state index in [1.165, 1.54) is 5.56 Å². The van der Waals surface area contributed by atoms with Crippen molar-refractivity contribution in [3.05, 3.63) is 71.8 Å². The lowest BCUT2D eigenvalue weighted by Crippen LogP contribution is -2.63. The first-order valence-electron chi connectivity index (χ1n) is 11.4. The van der Waals surface area contributed by atoms with Crippen molar-refractivity contribution < 1.29 is 4.74 Å². The Balaban J connectivity index is 1.64. The zero-order valence-corrected chi connectivity index (χ0v) is 19.1. The van der Waals surface area contributed by atoms with Gasteiger partial charge in [0.25, 0.3) is 0 Å². The highest BCUT2D eigenvalue weighted by molar-refractivity contribution is 5.30. The number of hydrogen-bond donors (Lipinski definition) is 2. The minimum Gasteiger partial charge on any atom is -0.358 e. The van der Waals surface area contributed by atoms with Crippen LogP contribution >= 0.6 is 0 Å². The molecule has 170 valence electrons. The topological polar surface area (TPSA) is 80.1 Å². The van der Waals surface area contributed by atoms with Crippen molar-refractivity contribution >= 4 is 5.95 Å². The molecular weight excluding hydrogens is 402 g/mol. The van der Waals surface area contributed by atoms with Gasteiger partial charge in [0.2, 0.25) is 5.95 Å². The maximum absolute atomic E-state index is 6.21. The molecule has 2 aromatic carbocycles. The number of rotatable bonds is 9. The normalized spacial score (nSPS) is 23.2. The maximum Gasteiger partial charge on any atom is 0.245 e. The molecule has 4 rings (SSSR count). The summed E-state index contributed by atoms with van der Waals surface area (Å²) in [7, 11) is 1.77. The molecule has 0 bridgehead atoms. The molecule has 1 aliphatic rings. The van der Waals surface area contributed by atoms with Crippen molar-refractivity contribution in [1.29, 1.82) is 0 Å². The van der Waals surface area contributed by atoms with Crippen molar-refractivity contribution in [2.24, 2.45) is 0 Å². The molecule has 2 heterocycles. The summed E-state index contributed by atoms with van der Waals surface area (Å²) in [6.07, 6.45) is 0.821. The first-order valence-corrected chi connectivity index (χ1v) is 11.4. The fourth-order valence-corrected chi connectivity index (χ4v) is 4.63. The summed E-state index contributed by atoms with van der Waals surface area (Å²) in [4.78, 5) is 2.18. The van der Waals surface area contributed by atoms with Gasteiger partial charge in [0.15, 0.2) is 5.72 Å². The van der Waals surface area contributed by atoms with Crippen molar-refractivity contribution in [3.63, 3.8) is 0 Å². The lowest BCUT2D eigenvalue weighted by Gasteiger charge is -2.47. The molecule has 3 aromatic rings. The Labute approximate surface area is 190 Å². The molecule has 0 saturated carbocycles. The number of hydrogen-bond acceptors (Lipinski definition) is 7. The first-order chi connectivity index (χ1) is 15.7. The van der Waals surface area contributed by atoms with Gasteiger partial charge in [-0.3, -0.25) is 5.32 Å². The molecule has 3 atom stereocenters. The molecule has 8 nitrogen and oxygen atoms in total. The highest BCUT2D eigenvalue weighted by Crippen LogP contribution is 2.36. The van der Waals surface area contributed by atoms with E-state index in [9.17, 15) is 0 Å². The van der Waals surface area contributed by atoms with Crippen LogP contribution in [0.4, 0.5) is 5.95 Å². The van der Waals surface area contributed by atoms with Gasteiger partial charge in [-0.05, 0) is 36.3 Å². The summed E-state index contributed by atoms with van der Waals surface area (Å²) in [5.74, 6) is 0.813. The van der Waals surface area contributed by atoms with E-state index >= 15 is 0 Å². The third-order valence-electron chi connectivity index (χ3n) is 6.39. The van der Waals surface area contributed by atoms with Crippen LogP contribution in [0.25, 0.3) is 0 Å². The molecule has 1 saturated heterocycles. The fourth-order valence-electron chi connectivity index (χ4n) is 4.63. The predicted molar refractivity (Wildman–Crippen MR) is 125 cm³/mol. The molecule has 0 aliphatic carbocycles. The lowest BCUT2D eigenvalue weighted by molar-refractivity contribution is -0.0988. The second-order valence-corrected chi connectivity index (χ2v) is 8.09. The molecule has 0 amide bonds. The van der Waals surface area contributed by atoms with Crippen LogP contribution in [0.15, 0.2) is 60.7 Å². The predicted octanol–water partition coefficient (Wildman–Crippen LogP) is 2.71. The third-order valence-corrected chi connectivity index (χ3v) is 6.39. The van der Waals surface area contributed by atoms with E-state index < -0.39 is 5.72 Å². The molecule has 1 fully saturated rings. The first kappa shape index (κ1) is 22.4. The summed E-state index contributed by atoms with van der Waals surface area (Å²) >= 11 is 0. The van der Waals surface area contributed by atoms with Gasteiger partial charge in [0, 0.05) is 38.9 Å². The molecule has 1 aliphatic heterocycles. The highest BCUT2D eigenvalue weighted by Gasteiger charge is 2.46. The van der Waals surface area contributed by atoms with Gasteiger partial charge in [-0.25, -0.2) is 4.68 Å². The van der Waals surface area contributed by atoms with E-state index in [1.807, 2.05) is 16.8 Å². The van der Waals surface area contributed by atoms with Crippen LogP contribution < -0.4 is 15.5 Å². The van der Waals surface area contributed by atoms with Crippen LogP contribution in [0.2, 0.25) is 0 Å². The Morgan fingerprint density at radius 2 is 1.78 bits per heavy atom. The zero-order valence-electron chi connectivity index (χ0n) is 19.1. The lowest BCUT2D eigenvalue weighted by atomic mass is 9.85. The summed E-state index contributed by atoms with van der Waals surface area (Å²) in [5.41, 5.74) is 1.70. The Morgan fingerprint density at radius 3 is 2.44 bits per heavy atom. The number of aromatic nitrogens is 4. The number of piperidine rings is 1. The van der Waals surface area contributed by atoms with E-state index in [2.05, 4.69) is 93.4 Å². The van der Waals surface area contributed by atoms with Crippen LogP contribution in [-0.2, 0) is 17.0 Å². The monoisotopic (exact) mass is 435 g/mol. The molecule has 1 unspecified atom stereocenters. The smallest absolute Gasteiger partial charge is 0.245 e. The molecule has 8 heteroatoms. The van der Waals surface area contributed by atoms with Gasteiger partial charge in [0.05, 0.1) is 12.1 Å². The average molecular weight is 436 g/mol. The number of anilines is 1. The second-order valence-electron chi connectivity index (χ2n) is 8.09. The molecule has 2 N–H and O–H groups in total. The molecule has 32 heavy (non-hydrogen) atoms. The van der Waals surface area contributed by atoms with Crippen LogP contribution in [0, 0.1) is 0 Å². The zero-order chi connectivity index (χ0) is 22.4. The van der Waals surface area contributed by atoms with Crippen molar-refractivity contribution in [2.75, 3.05) is 31.6 Å². The third kappa shape index (κ3) is 4.39. The van der Waals surface area contributed by atoms with E-state index in [1.54, 1.807) is 7.11 Å². The van der Waals surface area contributed by atoms with Crippen molar-refractivity contribution in [3.8, 4) is 0 Å². The molecule has 0 radical (unpaired) electrons. The van der Waals surface area contributed by atoms with Gasteiger partial charge in [-0.2, -0.15) is 0 Å².